The lowest BCUT2D eigenvalue weighted by Crippen LogP contribution is -2.34. The first kappa shape index (κ1) is 17.2. The van der Waals surface area contributed by atoms with Gasteiger partial charge in [0.25, 0.3) is 5.56 Å². The van der Waals surface area contributed by atoms with E-state index in [1.54, 1.807) is 0 Å². The number of urea groups is 1. The Morgan fingerprint density at radius 3 is 2.81 bits per heavy atom. The summed E-state index contributed by atoms with van der Waals surface area (Å²) < 4.78 is 29.1. The summed E-state index contributed by atoms with van der Waals surface area (Å²) in [5.74, 6) is -1.06. The number of hydrogen-bond acceptors (Lipinski definition) is 5. The fourth-order valence-electron chi connectivity index (χ4n) is 2.08. The fraction of sp³-hybridized carbons (Fsp3) is 0.133. The first-order chi connectivity index (χ1) is 12.5. The van der Waals surface area contributed by atoms with Crippen molar-refractivity contribution in [2.75, 3.05) is 11.9 Å². The number of anilines is 1. The first-order valence-corrected chi connectivity index (χ1v) is 7.46. The Labute approximate surface area is 145 Å². The Bertz CT molecular complexity index is 972. The number of carbonyl (C=O) groups is 1. The summed E-state index contributed by atoms with van der Waals surface area (Å²) in [4.78, 5) is 27.4. The van der Waals surface area contributed by atoms with Crippen LogP contribution in [0.15, 0.2) is 47.8 Å². The van der Waals surface area contributed by atoms with Gasteiger partial charge in [0, 0.05) is 18.7 Å². The van der Waals surface area contributed by atoms with E-state index >= 15 is 0 Å². The van der Waals surface area contributed by atoms with Gasteiger partial charge in [-0.25, -0.2) is 27.9 Å². The molecule has 0 bridgehead atoms. The molecule has 2 aromatic heterocycles. The second-order valence-corrected chi connectivity index (χ2v) is 5.10. The van der Waals surface area contributed by atoms with Crippen LogP contribution in [-0.2, 0) is 6.54 Å². The second kappa shape index (κ2) is 7.51. The average molecular weight is 361 g/mol. The molecule has 11 heteroatoms. The van der Waals surface area contributed by atoms with Gasteiger partial charge in [-0.2, -0.15) is 5.10 Å². The molecule has 0 aliphatic rings. The SMILES string of the molecule is O=C(NCCn1nc(-n2cncn2)ccc1=O)Nc1cc(F)ccc1F. The first-order valence-electron chi connectivity index (χ1n) is 7.46. The minimum absolute atomic E-state index is 0.0382. The van der Waals surface area contributed by atoms with E-state index in [1.165, 1.54) is 29.5 Å². The highest BCUT2D eigenvalue weighted by molar-refractivity contribution is 5.89. The maximum Gasteiger partial charge on any atom is 0.319 e. The smallest absolute Gasteiger partial charge is 0.319 e. The topological polar surface area (TPSA) is 107 Å². The van der Waals surface area contributed by atoms with Crippen LogP contribution in [0.25, 0.3) is 5.82 Å². The van der Waals surface area contributed by atoms with E-state index in [-0.39, 0.29) is 24.3 Å². The molecular formula is C15H13F2N7O2. The predicted molar refractivity (Wildman–Crippen MR) is 86.8 cm³/mol. The van der Waals surface area contributed by atoms with Gasteiger partial charge in [0.2, 0.25) is 0 Å². The molecular weight excluding hydrogens is 348 g/mol. The van der Waals surface area contributed by atoms with Gasteiger partial charge in [0.05, 0.1) is 12.2 Å². The Hall–Kier alpha value is -3.63. The van der Waals surface area contributed by atoms with Gasteiger partial charge in [-0.1, -0.05) is 0 Å². The summed E-state index contributed by atoms with van der Waals surface area (Å²) in [6.45, 7) is 0.108. The van der Waals surface area contributed by atoms with E-state index in [9.17, 15) is 18.4 Å². The van der Waals surface area contributed by atoms with Crippen LogP contribution < -0.4 is 16.2 Å². The lowest BCUT2D eigenvalue weighted by molar-refractivity contribution is 0.251. The van der Waals surface area contributed by atoms with Crippen LogP contribution in [0.2, 0.25) is 0 Å². The summed E-state index contributed by atoms with van der Waals surface area (Å²) >= 11 is 0. The summed E-state index contributed by atoms with van der Waals surface area (Å²) in [5, 5.41) is 12.6. The maximum atomic E-state index is 13.5. The van der Waals surface area contributed by atoms with Gasteiger partial charge >= 0.3 is 6.03 Å². The van der Waals surface area contributed by atoms with Crippen LogP contribution in [-0.4, -0.2) is 37.1 Å². The van der Waals surface area contributed by atoms with Crippen LogP contribution in [0.1, 0.15) is 0 Å². The average Bonchev–Trinajstić information content (AvgIpc) is 3.14. The molecule has 0 aliphatic carbocycles. The van der Waals surface area contributed by atoms with Gasteiger partial charge < -0.3 is 10.6 Å². The molecule has 0 unspecified atom stereocenters. The monoisotopic (exact) mass is 361 g/mol. The number of carbonyl (C=O) groups excluding carboxylic acids is 1. The number of halogens is 2. The molecule has 0 saturated heterocycles. The number of aromatic nitrogens is 5. The number of nitrogens with zero attached hydrogens (tertiary/aromatic N) is 5. The standard InChI is InChI=1S/C15H13F2N7O2/c16-10-1-2-11(17)12(7-10)21-15(26)19-5-6-23-14(25)4-3-13(22-23)24-9-18-8-20-24/h1-4,7-9H,5-6H2,(H2,19,21,26). The van der Waals surface area contributed by atoms with Gasteiger partial charge in [0.15, 0.2) is 5.82 Å². The van der Waals surface area contributed by atoms with Gasteiger partial charge in [-0.05, 0) is 18.2 Å². The molecule has 0 fully saturated rings. The van der Waals surface area contributed by atoms with Crippen molar-refractivity contribution in [3.05, 3.63) is 65.0 Å². The van der Waals surface area contributed by atoms with Crippen molar-refractivity contribution in [2.45, 2.75) is 6.54 Å². The fourth-order valence-corrected chi connectivity index (χ4v) is 2.08. The highest BCUT2D eigenvalue weighted by atomic mass is 19.1. The molecule has 0 spiro atoms. The minimum atomic E-state index is -0.764. The second-order valence-electron chi connectivity index (χ2n) is 5.10. The molecule has 2 amide bonds. The van der Waals surface area contributed by atoms with E-state index in [0.29, 0.717) is 5.82 Å². The molecule has 9 nitrogen and oxygen atoms in total. The van der Waals surface area contributed by atoms with Crippen molar-refractivity contribution in [3.8, 4) is 5.82 Å². The van der Waals surface area contributed by atoms with Crippen molar-refractivity contribution in [1.82, 2.24) is 29.9 Å². The molecule has 0 aliphatic heterocycles. The predicted octanol–water partition coefficient (Wildman–Crippen LogP) is 0.924. The van der Waals surface area contributed by atoms with Crippen LogP contribution in [0.3, 0.4) is 0 Å². The van der Waals surface area contributed by atoms with E-state index in [4.69, 9.17) is 0 Å². The quantitative estimate of drug-likeness (QED) is 0.703. The minimum Gasteiger partial charge on any atom is -0.336 e. The molecule has 2 heterocycles. The Kier molecular flexibility index (Phi) is 4.97. The molecule has 0 atom stereocenters. The highest BCUT2D eigenvalue weighted by Gasteiger charge is 2.08. The van der Waals surface area contributed by atoms with E-state index in [0.717, 1.165) is 22.9 Å². The molecule has 134 valence electrons. The highest BCUT2D eigenvalue weighted by Crippen LogP contribution is 2.14. The van der Waals surface area contributed by atoms with Crippen molar-refractivity contribution < 1.29 is 13.6 Å². The van der Waals surface area contributed by atoms with Gasteiger partial charge in [-0.3, -0.25) is 4.79 Å². The molecule has 1 aromatic carbocycles. The Balaban J connectivity index is 1.59. The molecule has 0 radical (unpaired) electrons. The zero-order valence-electron chi connectivity index (χ0n) is 13.3. The van der Waals surface area contributed by atoms with Gasteiger partial charge in [0.1, 0.15) is 24.3 Å². The maximum absolute atomic E-state index is 13.5. The van der Waals surface area contributed by atoms with E-state index < -0.39 is 17.7 Å². The van der Waals surface area contributed by atoms with Crippen LogP contribution in [0, 0.1) is 11.6 Å². The largest absolute Gasteiger partial charge is 0.336 e. The third-order valence-electron chi connectivity index (χ3n) is 3.29. The van der Waals surface area contributed by atoms with Crippen LogP contribution in [0.5, 0.6) is 0 Å². The van der Waals surface area contributed by atoms with E-state index in [1.807, 2.05) is 0 Å². The van der Waals surface area contributed by atoms with Crippen molar-refractivity contribution >= 4 is 11.7 Å². The number of nitrogens with one attached hydrogen (secondary N) is 2. The van der Waals surface area contributed by atoms with E-state index in [2.05, 4.69) is 25.8 Å². The molecule has 3 aromatic rings. The summed E-state index contributed by atoms with van der Waals surface area (Å²) in [5.41, 5.74) is -0.654. The summed E-state index contributed by atoms with van der Waals surface area (Å²) in [6.07, 6.45) is 2.75. The molecule has 3 rings (SSSR count). The van der Waals surface area contributed by atoms with Crippen molar-refractivity contribution in [3.63, 3.8) is 0 Å². The Morgan fingerprint density at radius 2 is 2.04 bits per heavy atom. The lowest BCUT2D eigenvalue weighted by Gasteiger charge is -2.10. The van der Waals surface area contributed by atoms with Gasteiger partial charge in [-0.15, -0.1) is 5.10 Å². The Morgan fingerprint density at radius 1 is 1.19 bits per heavy atom. The third-order valence-corrected chi connectivity index (χ3v) is 3.29. The third kappa shape index (κ3) is 4.06. The normalized spacial score (nSPS) is 10.5. The summed E-state index contributed by atoms with van der Waals surface area (Å²) in [7, 11) is 0. The molecule has 0 saturated carbocycles. The van der Waals surface area contributed by atoms with Crippen LogP contribution >= 0.6 is 0 Å². The lowest BCUT2D eigenvalue weighted by atomic mass is 10.3. The zero-order valence-corrected chi connectivity index (χ0v) is 13.3. The van der Waals surface area contributed by atoms with Crippen LogP contribution in [0.4, 0.5) is 19.3 Å². The molecule has 26 heavy (non-hydrogen) atoms. The number of hydrogen-bond donors (Lipinski definition) is 2. The summed E-state index contributed by atoms with van der Waals surface area (Å²) in [6, 6.07) is 4.77. The number of amides is 2. The van der Waals surface area contributed by atoms with Crippen molar-refractivity contribution in [1.29, 1.82) is 0 Å². The van der Waals surface area contributed by atoms with Crippen molar-refractivity contribution in [2.24, 2.45) is 0 Å². The zero-order chi connectivity index (χ0) is 18.5. The number of benzene rings is 1. The molecule has 2 N–H and O–H groups in total. The number of rotatable bonds is 5.